The summed E-state index contributed by atoms with van der Waals surface area (Å²) in [6.45, 7) is 4.21. The van der Waals surface area contributed by atoms with Gasteiger partial charge in [-0.25, -0.2) is 14.6 Å². The fraction of sp³-hybridized carbons (Fsp3) is 0.615. The number of rotatable bonds is 4. The van der Waals surface area contributed by atoms with Crippen LogP contribution in [0, 0.1) is 0 Å². The Labute approximate surface area is 117 Å². The lowest BCUT2D eigenvalue weighted by Crippen LogP contribution is -2.53. The Morgan fingerprint density at radius 1 is 1.65 bits per heavy atom. The largest absolute Gasteiger partial charge is 0.480 e. The molecule has 1 aliphatic rings. The van der Waals surface area contributed by atoms with Crippen molar-refractivity contribution < 1.29 is 14.7 Å². The highest BCUT2D eigenvalue weighted by atomic mass is 16.4. The molecule has 0 fully saturated rings. The minimum absolute atomic E-state index is 0.0325. The van der Waals surface area contributed by atoms with Crippen LogP contribution in [0.25, 0.3) is 0 Å². The Hall–Kier alpha value is -2.05. The van der Waals surface area contributed by atoms with E-state index < -0.39 is 12.0 Å². The van der Waals surface area contributed by atoms with E-state index in [1.165, 1.54) is 11.2 Å². The molecule has 0 saturated heterocycles. The molecule has 0 aromatic carbocycles. The predicted octanol–water partition coefficient (Wildman–Crippen LogP) is 1.12. The summed E-state index contributed by atoms with van der Waals surface area (Å²) in [5.74, 6) is -1.00. The van der Waals surface area contributed by atoms with Gasteiger partial charge in [0.25, 0.3) is 0 Å². The standard InChI is InChI=1S/C13H20N4O3/c1-3-4-8(2)16-13(20)17-6-10-9(14-7-15-10)5-11(17)12(18)19/h7-8,11H,3-6H2,1-2H3,(H,14,15)(H,16,20)(H,18,19). The highest BCUT2D eigenvalue weighted by molar-refractivity contribution is 5.83. The normalized spacial score (nSPS) is 19.3. The molecule has 1 aromatic heterocycles. The van der Waals surface area contributed by atoms with Gasteiger partial charge in [-0.05, 0) is 13.3 Å². The third-order valence-electron chi connectivity index (χ3n) is 3.54. The number of carboxylic acids is 1. The fourth-order valence-corrected chi connectivity index (χ4v) is 2.47. The van der Waals surface area contributed by atoms with E-state index in [0.29, 0.717) is 0 Å². The predicted molar refractivity (Wildman–Crippen MR) is 72.2 cm³/mol. The first-order valence-corrected chi connectivity index (χ1v) is 6.84. The molecule has 2 unspecified atom stereocenters. The van der Waals surface area contributed by atoms with Gasteiger partial charge in [-0.2, -0.15) is 0 Å². The third kappa shape index (κ3) is 2.92. The van der Waals surface area contributed by atoms with E-state index in [2.05, 4.69) is 15.3 Å². The Morgan fingerprint density at radius 2 is 2.40 bits per heavy atom. The van der Waals surface area contributed by atoms with Gasteiger partial charge in [-0.15, -0.1) is 0 Å². The number of nitrogens with zero attached hydrogens (tertiary/aromatic N) is 2. The highest BCUT2D eigenvalue weighted by Gasteiger charge is 2.36. The van der Waals surface area contributed by atoms with Gasteiger partial charge in [-0.1, -0.05) is 13.3 Å². The van der Waals surface area contributed by atoms with Crippen molar-refractivity contribution in [3.8, 4) is 0 Å². The monoisotopic (exact) mass is 280 g/mol. The number of aromatic amines is 1. The summed E-state index contributed by atoms with van der Waals surface area (Å²) in [7, 11) is 0. The topological polar surface area (TPSA) is 98.3 Å². The first kappa shape index (κ1) is 14.4. The molecule has 20 heavy (non-hydrogen) atoms. The SMILES string of the molecule is CCCC(C)NC(=O)N1Cc2[nH]cnc2CC1C(=O)O. The molecular weight excluding hydrogens is 260 g/mol. The second-order valence-corrected chi connectivity index (χ2v) is 5.15. The van der Waals surface area contributed by atoms with E-state index >= 15 is 0 Å². The van der Waals surface area contributed by atoms with Crippen LogP contribution in [0.2, 0.25) is 0 Å². The van der Waals surface area contributed by atoms with Crippen LogP contribution in [0.1, 0.15) is 38.1 Å². The number of carbonyl (C=O) groups excluding carboxylic acids is 1. The van der Waals surface area contributed by atoms with Crippen molar-refractivity contribution in [3.05, 3.63) is 17.7 Å². The second kappa shape index (κ2) is 5.94. The van der Waals surface area contributed by atoms with Crippen LogP contribution in [0.15, 0.2) is 6.33 Å². The Balaban J connectivity index is 2.12. The molecule has 0 bridgehead atoms. The Morgan fingerprint density at radius 3 is 3.05 bits per heavy atom. The maximum Gasteiger partial charge on any atom is 0.326 e. The molecule has 1 aromatic rings. The smallest absolute Gasteiger partial charge is 0.326 e. The van der Waals surface area contributed by atoms with Crippen LogP contribution in [0.3, 0.4) is 0 Å². The Kier molecular flexibility index (Phi) is 4.26. The molecule has 7 nitrogen and oxygen atoms in total. The number of carbonyl (C=O) groups is 2. The van der Waals surface area contributed by atoms with Crippen molar-refractivity contribution in [2.24, 2.45) is 0 Å². The van der Waals surface area contributed by atoms with Gasteiger partial charge < -0.3 is 20.3 Å². The minimum atomic E-state index is -1.00. The van der Waals surface area contributed by atoms with E-state index in [-0.39, 0.29) is 25.0 Å². The van der Waals surface area contributed by atoms with Crippen LogP contribution in [0.4, 0.5) is 4.79 Å². The number of carboxylic acid groups (broad SMARTS) is 1. The van der Waals surface area contributed by atoms with Crippen molar-refractivity contribution in [3.63, 3.8) is 0 Å². The van der Waals surface area contributed by atoms with Crippen molar-refractivity contribution in [2.75, 3.05) is 0 Å². The number of aromatic nitrogens is 2. The number of urea groups is 1. The van der Waals surface area contributed by atoms with Crippen molar-refractivity contribution in [1.29, 1.82) is 0 Å². The van der Waals surface area contributed by atoms with Gasteiger partial charge in [-0.3, -0.25) is 0 Å². The minimum Gasteiger partial charge on any atom is -0.480 e. The first-order valence-electron chi connectivity index (χ1n) is 6.84. The third-order valence-corrected chi connectivity index (χ3v) is 3.54. The van der Waals surface area contributed by atoms with E-state index in [1.807, 2.05) is 13.8 Å². The second-order valence-electron chi connectivity index (χ2n) is 5.15. The average Bonchev–Trinajstić information content (AvgIpc) is 2.84. The molecule has 2 rings (SSSR count). The zero-order valence-electron chi connectivity index (χ0n) is 11.7. The number of hydrogen-bond acceptors (Lipinski definition) is 3. The number of fused-ring (bicyclic) bond motifs is 1. The fourth-order valence-electron chi connectivity index (χ4n) is 2.47. The zero-order chi connectivity index (χ0) is 14.7. The molecule has 7 heteroatoms. The molecule has 0 aliphatic carbocycles. The number of H-pyrrole nitrogens is 1. The highest BCUT2D eigenvalue weighted by Crippen LogP contribution is 2.21. The maximum atomic E-state index is 12.2. The van der Waals surface area contributed by atoms with Gasteiger partial charge in [0.1, 0.15) is 6.04 Å². The number of nitrogens with one attached hydrogen (secondary N) is 2. The molecule has 1 aliphatic heterocycles. The van der Waals surface area contributed by atoms with Crippen LogP contribution < -0.4 is 5.32 Å². The van der Waals surface area contributed by atoms with Crippen molar-refractivity contribution >= 4 is 12.0 Å². The summed E-state index contributed by atoms with van der Waals surface area (Å²) >= 11 is 0. The molecule has 0 spiro atoms. The van der Waals surface area contributed by atoms with Gasteiger partial charge in [0.15, 0.2) is 0 Å². The van der Waals surface area contributed by atoms with Crippen LogP contribution in [0.5, 0.6) is 0 Å². The van der Waals surface area contributed by atoms with Crippen LogP contribution in [-0.2, 0) is 17.8 Å². The molecule has 3 N–H and O–H groups in total. The van der Waals surface area contributed by atoms with Crippen molar-refractivity contribution in [2.45, 2.75) is 51.7 Å². The number of hydrogen-bond donors (Lipinski definition) is 3. The van der Waals surface area contributed by atoms with Gasteiger partial charge in [0.2, 0.25) is 0 Å². The number of aliphatic carboxylic acids is 1. The molecule has 0 radical (unpaired) electrons. The quantitative estimate of drug-likeness (QED) is 0.769. The van der Waals surface area contributed by atoms with E-state index in [9.17, 15) is 14.7 Å². The summed E-state index contributed by atoms with van der Waals surface area (Å²) in [4.78, 5) is 32.0. The van der Waals surface area contributed by atoms with Crippen LogP contribution >= 0.6 is 0 Å². The lowest BCUT2D eigenvalue weighted by molar-refractivity contribution is -0.142. The van der Waals surface area contributed by atoms with E-state index in [4.69, 9.17) is 0 Å². The average molecular weight is 280 g/mol. The molecule has 2 amide bonds. The zero-order valence-corrected chi connectivity index (χ0v) is 11.7. The van der Waals surface area contributed by atoms with Gasteiger partial charge >= 0.3 is 12.0 Å². The summed E-state index contributed by atoms with van der Waals surface area (Å²) in [5.41, 5.74) is 1.53. The number of amides is 2. The van der Waals surface area contributed by atoms with E-state index in [0.717, 1.165) is 24.2 Å². The molecule has 110 valence electrons. The van der Waals surface area contributed by atoms with Crippen molar-refractivity contribution in [1.82, 2.24) is 20.2 Å². The van der Waals surface area contributed by atoms with E-state index in [1.54, 1.807) is 0 Å². The van der Waals surface area contributed by atoms with Gasteiger partial charge in [0.05, 0.1) is 24.3 Å². The molecular formula is C13H20N4O3. The van der Waals surface area contributed by atoms with Crippen LogP contribution in [-0.4, -0.2) is 44.1 Å². The first-order chi connectivity index (χ1) is 9.52. The molecule has 2 atom stereocenters. The maximum absolute atomic E-state index is 12.2. The van der Waals surface area contributed by atoms with Gasteiger partial charge in [0, 0.05) is 12.5 Å². The lowest BCUT2D eigenvalue weighted by atomic mass is 10.0. The molecule has 2 heterocycles. The summed E-state index contributed by atoms with van der Waals surface area (Å²) in [6.07, 6.45) is 3.61. The summed E-state index contributed by atoms with van der Waals surface area (Å²) < 4.78 is 0. The number of imidazole rings is 1. The summed E-state index contributed by atoms with van der Waals surface area (Å²) in [5, 5.41) is 12.1. The lowest BCUT2D eigenvalue weighted by Gasteiger charge is -2.33. The summed E-state index contributed by atoms with van der Waals surface area (Å²) in [6, 6.07) is -1.16. The molecule has 0 saturated carbocycles. The Bertz CT molecular complexity index is 500.